The van der Waals surface area contributed by atoms with E-state index in [1.807, 2.05) is 6.07 Å². The van der Waals surface area contributed by atoms with Gasteiger partial charge >= 0.3 is 5.97 Å². The van der Waals surface area contributed by atoms with Crippen LogP contribution in [0, 0.1) is 0 Å². The zero-order chi connectivity index (χ0) is 22.8. The van der Waals surface area contributed by atoms with Crippen molar-refractivity contribution in [1.29, 1.82) is 0 Å². The highest BCUT2D eigenvalue weighted by Crippen LogP contribution is 2.32. The molecule has 2 aromatic carbocycles. The molecule has 0 bridgehead atoms. The van der Waals surface area contributed by atoms with Crippen LogP contribution in [0.2, 0.25) is 0 Å². The highest BCUT2D eigenvalue weighted by atomic mass is 16.5. The van der Waals surface area contributed by atoms with Crippen LogP contribution in [0.3, 0.4) is 0 Å². The highest BCUT2D eigenvalue weighted by Gasteiger charge is 2.17. The molecule has 0 radical (unpaired) electrons. The van der Waals surface area contributed by atoms with Crippen LogP contribution in [0.4, 0.5) is 5.69 Å². The number of amides is 1. The zero-order valence-electron chi connectivity index (χ0n) is 17.1. The van der Waals surface area contributed by atoms with E-state index < -0.39 is 17.6 Å². The van der Waals surface area contributed by atoms with Gasteiger partial charge in [0.15, 0.2) is 22.8 Å². The van der Waals surface area contributed by atoms with E-state index >= 15 is 0 Å². The van der Waals surface area contributed by atoms with Crippen LogP contribution in [-0.2, 0) is 0 Å². The maximum atomic E-state index is 12.7. The van der Waals surface area contributed by atoms with Gasteiger partial charge in [-0.3, -0.25) is 4.79 Å². The van der Waals surface area contributed by atoms with Crippen molar-refractivity contribution in [2.24, 2.45) is 0 Å². The second-order valence-corrected chi connectivity index (χ2v) is 6.69. The second kappa shape index (κ2) is 8.26. The molecule has 32 heavy (non-hydrogen) atoms. The Hall–Kier alpha value is -4.60. The number of anilines is 1. The molecule has 3 N–H and O–H groups in total. The lowest BCUT2D eigenvalue weighted by atomic mass is 10.1. The van der Waals surface area contributed by atoms with Crippen molar-refractivity contribution in [1.82, 2.24) is 14.6 Å². The fraction of sp³-hybridized carbons (Fsp3) is 0.0909. The van der Waals surface area contributed by atoms with Crippen LogP contribution in [0.25, 0.3) is 16.9 Å². The standard InChI is InChI=1S/C22H18N4O6/c1-31-18-6-3-12(9-19(18)32-2)16-7-8-23-20-11-15(25-26(16)20)21(28)24-13-4-5-14(22(29)30)17(27)10-13/h3-11,27H,1-2H3,(H,24,28)(H,29,30). The number of aromatic carboxylic acids is 1. The Morgan fingerprint density at radius 3 is 2.47 bits per heavy atom. The van der Waals surface area contributed by atoms with E-state index in [4.69, 9.17) is 14.6 Å². The van der Waals surface area contributed by atoms with Gasteiger partial charge in [-0.25, -0.2) is 14.3 Å². The van der Waals surface area contributed by atoms with Gasteiger partial charge in [0.25, 0.3) is 5.91 Å². The van der Waals surface area contributed by atoms with Gasteiger partial charge < -0.3 is 25.0 Å². The molecular weight excluding hydrogens is 416 g/mol. The number of fused-ring (bicyclic) bond motifs is 1. The molecule has 0 saturated heterocycles. The van der Waals surface area contributed by atoms with E-state index in [-0.39, 0.29) is 16.9 Å². The Labute approximate surface area is 181 Å². The number of benzene rings is 2. The molecule has 1 amide bonds. The fourth-order valence-electron chi connectivity index (χ4n) is 3.21. The van der Waals surface area contributed by atoms with E-state index in [1.165, 1.54) is 22.7 Å². The number of methoxy groups -OCH3 is 2. The van der Waals surface area contributed by atoms with E-state index in [0.717, 1.165) is 11.6 Å². The lowest BCUT2D eigenvalue weighted by Gasteiger charge is -2.10. The number of aromatic hydroxyl groups is 1. The normalized spacial score (nSPS) is 10.7. The molecule has 2 heterocycles. The number of aromatic nitrogens is 3. The summed E-state index contributed by atoms with van der Waals surface area (Å²) in [7, 11) is 3.09. The number of carbonyl (C=O) groups is 2. The Bertz CT molecular complexity index is 1350. The molecular formula is C22H18N4O6. The topological polar surface area (TPSA) is 135 Å². The Morgan fingerprint density at radius 2 is 1.78 bits per heavy atom. The average Bonchev–Trinajstić information content (AvgIpc) is 3.23. The van der Waals surface area contributed by atoms with Crippen LogP contribution >= 0.6 is 0 Å². The number of ether oxygens (including phenoxy) is 2. The van der Waals surface area contributed by atoms with Crippen molar-refractivity contribution < 1.29 is 29.3 Å². The Kier molecular flexibility index (Phi) is 5.34. The zero-order valence-corrected chi connectivity index (χ0v) is 17.1. The van der Waals surface area contributed by atoms with Gasteiger partial charge in [-0.2, -0.15) is 5.10 Å². The summed E-state index contributed by atoms with van der Waals surface area (Å²) in [6, 6.07) is 12.4. The number of rotatable bonds is 6. The van der Waals surface area contributed by atoms with Crippen LogP contribution in [-0.4, -0.2) is 50.9 Å². The lowest BCUT2D eigenvalue weighted by molar-refractivity contribution is 0.0693. The highest BCUT2D eigenvalue weighted by molar-refractivity contribution is 6.04. The summed E-state index contributed by atoms with van der Waals surface area (Å²) in [5.41, 5.74) is 1.96. The SMILES string of the molecule is COc1ccc(-c2ccnc3cc(C(=O)Nc4ccc(C(=O)O)c(O)c4)nn23)cc1OC. The van der Waals surface area contributed by atoms with Crippen molar-refractivity contribution in [3.05, 3.63) is 66.0 Å². The molecule has 4 aromatic rings. The number of carboxylic acid groups (broad SMARTS) is 1. The number of hydrogen-bond acceptors (Lipinski definition) is 7. The molecule has 2 aromatic heterocycles. The van der Waals surface area contributed by atoms with Gasteiger partial charge in [0.1, 0.15) is 11.3 Å². The molecule has 0 fully saturated rings. The first kappa shape index (κ1) is 20.7. The molecule has 0 aliphatic heterocycles. The number of nitrogens with one attached hydrogen (secondary N) is 1. The summed E-state index contributed by atoms with van der Waals surface area (Å²) in [5, 5.41) is 25.8. The first-order valence-corrected chi connectivity index (χ1v) is 9.36. The van der Waals surface area contributed by atoms with Crippen molar-refractivity contribution in [2.45, 2.75) is 0 Å². The van der Waals surface area contributed by atoms with Crippen LogP contribution in [0.15, 0.2) is 54.7 Å². The van der Waals surface area contributed by atoms with Gasteiger partial charge in [-0.15, -0.1) is 0 Å². The lowest BCUT2D eigenvalue weighted by Crippen LogP contribution is -2.13. The van der Waals surface area contributed by atoms with E-state index in [2.05, 4.69) is 15.4 Å². The van der Waals surface area contributed by atoms with Crippen molar-refractivity contribution in [3.63, 3.8) is 0 Å². The number of carbonyl (C=O) groups excluding carboxylic acids is 1. The van der Waals surface area contributed by atoms with E-state index in [9.17, 15) is 14.7 Å². The van der Waals surface area contributed by atoms with Gasteiger partial charge in [-0.05, 0) is 36.4 Å². The first-order valence-electron chi connectivity index (χ1n) is 9.36. The predicted octanol–water partition coefficient (Wildman–Crippen LogP) is 3.07. The Morgan fingerprint density at radius 1 is 1.00 bits per heavy atom. The van der Waals surface area contributed by atoms with Gasteiger partial charge in [0.05, 0.1) is 19.9 Å². The maximum Gasteiger partial charge on any atom is 0.339 e. The third-order valence-electron chi connectivity index (χ3n) is 4.76. The second-order valence-electron chi connectivity index (χ2n) is 6.69. The number of nitrogens with zero attached hydrogens (tertiary/aromatic N) is 3. The molecule has 10 heteroatoms. The summed E-state index contributed by atoms with van der Waals surface area (Å²) >= 11 is 0. The van der Waals surface area contributed by atoms with Gasteiger partial charge in [-0.1, -0.05) is 0 Å². The molecule has 0 spiro atoms. The van der Waals surface area contributed by atoms with Gasteiger partial charge in [0, 0.05) is 29.6 Å². The molecule has 0 saturated carbocycles. The van der Waals surface area contributed by atoms with Crippen LogP contribution in [0.5, 0.6) is 17.2 Å². The molecule has 0 atom stereocenters. The molecule has 4 rings (SSSR count). The minimum absolute atomic E-state index is 0.0900. The summed E-state index contributed by atoms with van der Waals surface area (Å²) < 4.78 is 12.2. The van der Waals surface area contributed by atoms with E-state index in [1.54, 1.807) is 38.6 Å². The summed E-state index contributed by atoms with van der Waals surface area (Å²) in [6.07, 6.45) is 1.60. The summed E-state index contributed by atoms with van der Waals surface area (Å²) in [5.74, 6) is -1.14. The summed E-state index contributed by atoms with van der Waals surface area (Å²) in [4.78, 5) is 28.0. The summed E-state index contributed by atoms with van der Waals surface area (Å²) in [6.45, 7) is 0. The first-order chi connectivity index (χ1) is 15.4. The predicted molar refractivity (Wildman–Crippen MR) is 115 cm³/mol. The average molecular weight is 434 g/mol. The van der Waals surface area contributed by atoms with Crippen molar-refractivity contribution in [3.8, 4) is 28.5 Å². The fourth-order valence-corrected chi connectivity index (χ4v) is 3.21. The van der Waals surface area contributed by atoms with Gasteiger partial charge in [0.2, 0.25) is 0 Å². The Balaban J connectivity index is 1.67. The van der Waals surface area contributed by atoms with Crippen molar-refractivity contribution in [2.75, 3.05) is 19.5 Å². The molecule has 0 unspecified atom stereocenters. The molecule has 0 aliphatic rings. The number of hydrogen-bond donors (Lipinski definition) is 3. The molecule has 10 nitrogen and oxygen atoms in total. The largest absolute Gasteiger partial charge is 0.507 e. The smallest absolute Gasteiger partial charge is 0.339 e. The third-order valence-corrected chi connectivity index (χ3v) is 4.76. The minimum Gasteiger partial charge on any atom is -0.507 e. The van der Waals surface area contributed by atoms with E-state index in [0.29, 0.717) is 22.8 Å². The number of carboxylic acids is 1. The van der Waals surface area contributed by atoms with Crippen LogP contribution < -0.4 is 14.8 Å². The molecule has 0 aliphatic carbocycles. The molecule has 162 valence electrons. The monoisotopic (exact) mass is 434 g/mol. The van der Waals surface area contributed by atoms with Crippen LogP contribution in [0.1, 0.15) is 20.8 Å². The minimum atomic E-state index is -1.27. The third kappa shape index (κ3) is 3.76. The van der Waals surface area contributed by atoms with Crippen molar-refractivity contribution >= 4 is 23.2 Å². The maximum absolute atomic E-state index is 12.7. The number of phenols is 1. The quantitative estimate of drug-likeness (QED) is 0.421.